The number of rotatable bonds is 5. The van der Waals surface area contributed by atoms with Crippen LogP contribution in [0.1, 0.15) is 30.0 Å². The highest BCUT2D eigenvalue weighted by Gasteiger charge is 2.32. The highest BCUT2D eigenvalue weighted by Crippen LogP contribution is 2.31. The zero-order chi connectivity index (χ0) is 22.7. The van der Waals surface area contributed by atoms with E-state index in [1.807, 2.05) is 54.6 Å². The minimum atomic E-state index is -0.602. The molecule has 0 aromatic heterocycles. The topological polar surface area (TPSA) is 85.2 Å². The van der Waals surface area contributed by atoms with Crippen LogP contribution in [0.15, 0.2) is 60.7 Å². The standard InChI is InChI=1S/C26H26N4O2/c1-17(28-2)25(31)29-23-14-13-18-7-3-4-12-24(18)30(26(23)32)16-20-9-6-10-21-19(15-27)8-5-11-22(20)21/h3-12,17,23,28H,13-14,16H2,1-2H3,(H,29,31). The number of aryl methyl sites for hydroxylation is 1. The van der Waals surface area contributed by atoms with E-state index in [1.165, 1.54) is 0 Å². The summed E-state index contributed by atoms with van der Waals surface area (Å²) in [7, 11) is 1.72. The van der Waals surface area contributed by atoms with Crippen molar-refractivity contribution >= 4 is 28.3 Å². The molecule has 2 N–H and O–H groups in total. The van der Waals surface area contributed by atoms with Crippen LogP contribution in [0.4, 0.5) is 5.69 Å². The third-order valence-corrected chi connectivity index (χ3v) is 6.15. The zero-order valence-corrected chi connectivity index (χ0v) is 18.3. The molecule has 2 amide bonds. The number of fused-ring (bicyclic) bond motifs is 2. The smallest absolute Gasteiger partial charge is 0.249 e. The Hall–Kier alpha value is -3.69. The van der Waals surface area contributed by atoms with E-state index >= 15 is 0 Å². The van der Waals surface area contributed by atoms with Gasteiger partial charge in [0, 0.05) is 5.69 Å². The molecule has 0 bridgehead atoms. The van der Waals surface area contributed by atoms with E-state index < -0.39 is 6.04 Å². The van der Waals surface area contributed by atoms with Gasteiger partial charge in [-0.3, -0.25) is 9.59 Å². The van der Waals surface area contributed by atoms with E-state index in [4.69, 9.17) is 0 Å². The lowest BCUT2D eigenvalue weighted by atomic mass is 10.00. The van der Waals surface area contributed by atoms with Gasteiger partial charge in [-0.1, -0.05) is 48.5 Å². The number of anilines is 1. The van der Waals surface area contributed by atoms with Crippen molar-refractivity contribution in [2.75, 3.05) is 11.9 Å². The number of hydrogen-bond donors (Lipinski definition) is 2. The first kappa shape index (κ1) is 21.5. The minimum absolute atomic E-state index is 0.125. The summed E-state index contributed by atoms with van der Waals surface area (Å²) in [6.45, 7) is 2.13. The number of amides is 2. The Kier molecular flexibility index (Phi) is 6.20. The predicted molar refractivity (Wildman–Crippen MR) is 125 cm³/mol. The van der Waals surface area contributed by atoms with Crippen molar-refractivity contribution in [2.45, 2.75) is 38.4 Å². The molecule has 6 nitrogen and oxygen atoms in total. The summed E-state index contributed by atoms with van der Waals surface area (Å²) in [6.07, 6.45) is 1.24. The SMILES string of the molecule is CNC(C)C(=O)NC1CCc2ccccc2N(Cc2cccc3c(C#N)cccc23)C1=O. The molecule has 162 valence electrons. The Labute approximate surface area is 187 Å². The van der Waals surface area contributed by atoms with Gasteiger partial charge < -0.3 is 15.5 Å². The Morgan fingerprint density at radius 3 is 2.66 bits per heavy atom. The second kappa shape index (κ2) is 9.21. The number of benzene rings is 3. The van der Waals surface area contributed by atoms with Gasteiger partial charge in [0.05, 0.1) is 24.2 Å². The lowest BCUT2D eigenvalue weighted by molar-refractivity contribution is -0.128. The molecule has 0 fully saturated rings. The third-order valence-electron chi connectivity index (χ3n) is 6.15. The Morgan fingerprint density at radius 2 is 1.88 bits per heavy atom. The number of nitriles is 1. The molecule has 32 heavy (non-hydrogen) atoms. The first-order chi connectivity index (χ1) is 15.5. The monoisotopic (exact) mass is 426 g/mol. The van der Waals surface area contributed by atoms with Crippen LogP contribution in [0.25, 0.3) is 10.8 Å². The molecule has 0 aliphatic carbocycles. The van der Waals surface area contributed by atoms with Crippen LogP contribution in [0, 0.1) is 11.3 Å². The summed E-state index contributed by atoms with van der Waals surface area (Å²) in [4.78, 5) is 27.9. The Balaban J connectivity index is 1.74. The number of hydrogen-bond acceptors (Lipinski definition) is 4. The number of para-hydroxylation sites is 1. The lowest BCUT2D eigenvalue weighted by Gasteiger charge is -2.27. The molecule has 0 saturated heterocycles. The molecule has 3 aromatic carbocycles. The largest absolute Gasteiger partial charge is 0.343 e. The normalized spacial score (nSPS) is 16.7. The molecule has 0 radical (unpaired) electrons. The van der Waals surface area contributed by atoms with Crippen molar-refractivity contribution in [3.63, 3.8) is 0 Å². The van der Waals surface area contributed by atoms with Gasteiger partial charge in [-0.05, 0) is 60.8 Å². The summed E-state index contributed by atoms with van der Waals surface area (Å²) >= 11 is 0. The number of carbonyl (C=O) groups is 2. The molecule has 2 unspecified atom stereocenters. The van der Waals surface area contributed by atoms with Crippen molar-refractivity contribution in [3.05, 3.63) is 77.4 Å². The second-order valence-corrected chi connectivity index (χ2v) is 8.09. The van der Waals surface area contributed by atoms with E-state index in [0.29, 0.717) is 24.9 Å². The molecule has 4 rings (SSSR count). The van der Waals surface area contributed by atoms with Crippen molar-refractivity contribution in [3.8, 4) is 6.07 Å². The number of carbonyl (C=O) groups excluding carboxylic acids is 2. The molecule has 2 atom stereocenters. The van der Waals surface area contributed by atoms with Gasteiger partial charge in [-0.2, -0.15) is 5.26 Å². The number of nitrogens with zero attached hydrogens (tertiary/aromatic N) is 2. The third kappa shape index (κ3) is 4.08. The molecule has 1 aliphatic rings. The fourth-order valence-electron chi connectivity index (χ4n) is 4.22. The fourth-order valence-corrected chi connectivity index (χ4v) is 4.22. The summed E-state index contributed by atoms with van der Waals surface area (Å²) in [5.41, 5.74) is 3.51. The first-order valence-corrected chi connectivity index (χ1v) is 10.8. The first-order valence-electron chi connectivity index (χ1n) is 10.8. The van der Waals surface area contributed by atoms with Crippen LogP contribution in [0.2, 0.25) is 0 Å². The van der Waals surface area contributed by atoms with Crippen molar-refractivity contribution in [1.29, 1.82) is 5.26 Å². The Bertz CT molecular complexity index is 1210. The molecule has 1 heterocycles. The van der Waals surface area contributed by atoms with E-state index in [2.05, 4.69) is 16.7 Å². The average molecular weight is 427 g/mol. The fraction of sp³-hybridized carbons (Fsp3) is 0.269. The van der Waals surface area contributed by atoms with Crippen LogP contribution in [-0.2, 0) is 22.6 Å². The average Bonchev–Trinajstić information content (AvgIpc) is 2.95. The Morgan fingerprint density at radius 1 is 1.12 bits per heavy atom. The molecule has 6 heteroatoms. The zero-order valence-electron chi connectivity index (χ0n) is 18.3. The summed E-state index contributed by atoms with van der Waals surface area (Å²) in [5, 5.41) is 17.2. The van der Waals surface area contributed by atoms with Gasteiger partial charge in [-0.25, -0.2) is 0 Å². The van der Waals surface area contributed by atoms with Crippen LogP contribution in [0.5, 0.6) is 0 Å². The van der Waals surface area contributed by atoms with E-state index in [1.54, 1.807) is 24.9 Å². The van der Waals surface area contributed by atoms with Crippen LogP contribution < -0.4 is 15.5 Å². The van der Waals surface area contributed by atoms with Gasteiger partial charge in [0.25, 0.3) is 0 Å². The quantitative estimate of drug-likeness (QED) is 0.656. The van der Waals surface area contributed by atoms with E-state index in [-0.39, 0.29) is 17.9 Å². The van der Waals surface area contributed by atoms with Gasteiger partial charge >= 0.3 is 0 Å². The number of likely N-dealkylation sites (N-methyl/N-ethyl adjacent to an activating group) is 1. The van der Waals surface area contributed by atoms with Crippen LogP contribution >= 0.6 is 0 Å². The maximum Gasteiger partial charge on any atom is 0.249 e. The van der Waals surface area contributed by atoms with Crippen LogP contribution in [0.3, 0.4) is 0 Å². The number of nitrogens with one attached hydrogen (secondary N) is 2. The minimum Gasteiger partial charge on any atom is -0.343 e. The summed E-state index contributed by atoms with van der Waals surface area (Å²) in [6, 6.07) is 20.6. The molecular weight excluding hydrogens is 400 g/mol. The second-order valence-electron chi connectivity index (χ2n) is 8.09. The highest BCUT2D eigenvalue weighted by atomic mass is 16.2. The summed E-state index contributed by atoms with van der Waals surface area (Å²) < 4.78 is 0. The van der Waals surface area contributed by atoms with Gasteiger partial charge in [-0.15, -0.1) is 0 Å². The van der Waals surface area contributed by atoms with E-state index in [9.17, 15) is 14.9 Å². The highest BCUT2D eigenvalue weighted by molar-refractivity contribution is 6.01. The van der Waals surface area contributed by atoms with Gasteiger partial charge in [0.15, 0.2) is 0 Å². The lowest BCUT2D eigenvalue weighted by Crippen LogP contribution is -2.52. The van der Waals surface area contributed by atoms with Gasteiger partial charge in [0.1, 0.15) is 6.04 Å². The summed E-state index contributed by atoms with van der Waals surface area (Å²) in [5.74, 6) is -0.319. The van der Waals surface area contributed by atoms with Gasteiger partial charge in [0.2, 0.25) is 11.8 Å². The molecule has 1 aliphatic heterocycles. The molecule has 3 aromatic rings. The molecular formula is C26H26N4O2. The maximum atomic E-state index is 13.7. The van der Waals surface area contributed by atoms with E-state index in [0.717, 1.165) is 27.6 Å². The molecule has 0 saturated carbocycles. The predicted octanol–water partition coefficient (Wildman–Crippen LogP) is 3.28. The van der Waals surface area contributed by atoms with Crippen molar-refractivity contribution in [2.24, 2.45) is 0 Å². The van der Waals surface area contributed by atoms with Crippen LogP contribution in [-0.4, -0.2) is 30.9 Å². The molecule has 0 spiro atoms. The maximum absolute atomic E-state index is 13.7. The van der Waals surface area contributed by atoms with Crippen molar-refractivity contribution < 1.29 is 9.59 Å². The van der Waals surface area contributed by atoms with Crippen molar-refractivity contribution in [1.82, 2.24) is 10.6 Å².